The zero-order valence-corrected chi connectivity index (χ0v) is 27.0. The molecule has 10 nitrogen and oxygen atoms in total. The number of unbranched alkanes of at least 4 members (excludes halogenated alkanes) is 2. The van der Waals surface area contributed by atoms with Crippen molar-refractivity contribution in [2.75, 3.05) is 7.11 Å². The van der Waals surface area contributed by atoms with Crippen LogP contribution in [0, 0.1) is 17.3 Å². The maximum absolute atomic E-state index is 14.0. The number of carbonyl (C=O) groups excluding carboxylic acids is 4. The molecule has 11 heteroatoms. The van der Waals surface area contributed by atoms with Gasteiger partial charge in [-0.15, -0.1) is 0 Å². The molecule has 1 aliphatic rings. The molecule has 1 heterocycles. The van der Waals surface area contributed by atoms with E-state index in [1.165, 1.54) is 24.9 Å². The van der Waals surface area contributed by atoms with Crippen molar-refractivity contribution in [3.8, 4) is 0 Å². The van der Waals surface area contributed by atoms with Gasteiger partial charge < -0.3 is 18.9 Å². The molecule has 3 atom stereocenters. The Kier molecular flexibility index (Phi) is 12.6. The Hall–Kier alpha value is -4.38. The van der Waals surface area contributed by atoms with E-state index in [-0.39, 0.29) is 49.4 Å². The maximum Gasteiger partial charge on any atom is 0.323 e. The van der Waals surface area contributed by atoms with Crippen LogP contribution in [-0.2, 0) is 51.3 Å². The normalized spacial score (nSPS) is 16.8. The Labute approximate surface area is 274 Å². The summed E-state index contributed by atoms with van der Waals surface area (Å²) >= 11 is 5.55. The van der Waals surface area contributed by atoms with Gasteiger partial charge in [-0.3, -0.25) is 23.7 Å². The topological polar surface area (TPSA) is 123 Å². The number of thiocarbonyl (C=S) groups is 1. The van der Waals surface area contributed by atoms with E-state index < -0.39 is 35.3 Å². The number of carbonyl (C=O) groups is 4. The first-order valence-corrected chi connectivity index (χ1v) is 15.9. The highest BCUT2D eigenvalue weighted by molar-refractivity contribution is 7.80. The molecule has 4 rings (SSSR count). The Morgan fingerprint density at radius 2 is 1.57 bits per heavy atom. The number of nitrogens with zero attached hydrogens (tertiary/aromatic N) is 2. The first-order chi connectivity index (χ1) is 22.2. The third-order valence-corrected chi connectivity index (χ3v) is 8.79. The van der Waals surface area contributed by atoms with Gasteiger partial charge in [0.2, 0.25) is 0 Å². The van der Waals surface area contributed by atoms with Crippen LogP contribution in [0.5, 0.6) is 0 Å². The van der Waals surface area contributed by atoms with Crippen molar-refractivity contribution < 1.29 is 38.1 Å². The van der Waals surface area contributed by atoms with E-state index in [1.54, 1.807) is 12.4 Å². The van der Waals surface area contributed by atoms with Crippen LogP contribution < -0.4 is 0 Å². The quantitative estimate of drug-likeness (QED) is 0.0675. The fourth-order valence-electron chi connectivity index (χ4n) is 5.88. The lowest BCUT2D eigenvalue weighted by atomic mass is 9.69. The number of Topliss-reactive ketones (excluding diaryl/α,β-unsaturated/α-hetero) is 1. The van der Waals surface area contributed by atoms with Crippen LogP contribution in [0.25, 0.3) is 0 Å². The summed E-state index contributed by atoms with van der Waals surface area (Å²) in [6.45, 7) is 1.42. The first-order valence-electron chi connectivity index (χ1n) is 15.4. The summed E-state index contributed by atoms with van der Waals surface area (Å²) in [5, 5.41) is 0.0931. The summed E-state index contributed by atoms with van der Waals surface area (Å²) < 4.78 is 24.0. The number of aromatic nitrogens is 2. The average Bonchev–Trinajstić information content (AvgIpc) is 3.76. The average molecular weight is 649 g/mol. The highest BCUT2D eigenvalue weighted by Crippen LogP contribution is 2.47. The van der Waals surface area contributed by atoms with Gasteiger partial charge in [0, 0.05) is 25.2 Å². The van der Waals surface area contributed by atoms with Gasteiger partial charge in [-0.1, -0.05) is 67.1 Å². The molecule has 2 aromatic carbocycles. The molecule has 1 fully saturated rings. The second-order valence-electron chi connectivity index (χ2n) is 11.5. The largest absolute Gasteiger partial charge is 0.469 e. The van der Waals surface area contributed by atoms with Crippen LogP contribution in [0.15, 0.2) is 79.4 Å². The lowest BCUT2D eigenvalue weighted by molar-refractivity contribution is -0.179. The van der Waals surface area contributed by atoms with E-state index in [2.05, 4.69) is 4.98 Å². The zero-order valence-electron chi connectivity index (χ0n) is 26.2. The SMILES string of the molecule is COC(=O)CCCCCC(OC(=S)n1ccnc1)[C@H]1C(=O)CC[C@@H]1C(C)(C(=O)OCc1ccccc1)C(=O)OCc1ccccc1. The van der Waals surface area contributed by atoms with E-state index in [1.807, 2.05) is 60.7 Å². The monoisotopic (exact) mass is 648 g/mol. The van der Waals surface area contributed by atoms with Gasteiger partial charge in [0.05, 0.1) is 13.0 Å². The molecular formula is C35H40N2O8S. The Morgan fingerprint density at radius 3 is 2.11 bits per heavy atom. The van der Waals surface area contributed by atoms with E-state index in [0.717, 1.165) is 11.1 Å². The summed E-state index contributed by atoms with van der Waals surface area (Å²) in [5.74, 6) is -3.59. The van der Waals surface area contributed by atoms with Crippen molar-refractivity contribution in [2.24, 2.45) is 17.3 Å². The molecule has 0 spiro atoms. The van der Waals surface area contributed by atoms with E-state index in [4.69, 9.17) is 31.2 Å². The number of esters is 3. The van der Waals surface area contributed by atoms with Crippen molar-refractivity contribution in [3.05, 3.63) is 90.5 Å². The molecule has 0 amide bonds. The van der Waals surface area contributed by atoms with Crippen LogP contribution in [-0.4, -0.2) is 51.6 Å². The number of methoxy groups -OCH3 is 1. The van der Waals surface area contributed by atoms with Gasteiger partial charge in [0.25, 0.3) is 5.17 Å². The fourth-order valence-corrected chi connectivity index (χ4v) is 6.11. The Morgan fingerprint density at radius 1 is 0.957 bits per heavy atom. The smallest absolute Gasteiger partial charge is 0.323 e. The number of rotatable bonds is 15. The Balaban J connectivity index is 1.61. The summed E-state index contributed by atoms with van der Waals surface area (Å²) in [6, 6.07) is 18.3. The molecule has 1 aromatic heterocycles. The van der Waals surface area contributed by atoms with Crippen molar-refractivity contribution >= 4 is 41.1 Å². The molecule has 3 aromatic rings. The van der Waals surface area contributed by atoms with Crippen LogP contribution in [0.1, 0.15) is 63.0 Å². The summed E-state index contributed by atoms with van der Waals surface area (Å²) in [5.41, 5.74) is -0.300. The third kappa shape index (κ3) is 8.87. The first kappa shape index (κ1) is 34.5. The molecule has 0 N–H and O–H groups in total. The molecule has 0 radical (unpaired) electrons. The minimum atomic E-state index is -1.82. The van der Waals surface area contributed by atoms with Gasteiger partial charge in [-0.05, 0) is 61.9 Å². The maximum atomic E-state index is 14.0. The number of ketones is 1. The standard InChI is InChI=1S/C35H40N2O8S/c1-35(32(40)43-22-25-12-6-3-7-13-25,33(41)44-23-26-14-8-4-9-15-26)27-18-19-28(38)31(27)29(16-10-5-11-17-30(39)42-2)45-34(46)37-21-20-36-24-37/h3-4,6-9,12-15,20-21,24,27,29,31H,5,10-11,16-19,22-23H2,1-2H3/t27-,29?,31+/m0/s1. The second kappa shape index (κ2) is 16.8. The third-order valence-electron chi connectivity index (χ3n) is 8.49. The highest BCUT2D eigenvalue weighted by atomic mass is 32.1. The summed E-state index contributed by atoms with van der Waals surface area (Å²) in [6.07, 6.45) is 6.92. The number of ether oxygens (including phenoxy) is 4. The summed E-state index contributed by atoms with van der Waals surface area (Å²) in [7, 11) is 1.35. The van der Waals surface area contributed by atoms with Crippen molar-refractivity contribution in [2.45, 2.75) is 71.2 Å². The van der Waals surface area contributed by atoms with E-state index in [0.29, 0.717) is 25.7 Å². The van der Waals surface area contributed by atoms with E-state index >= 15 is 0 Å². The van der Waals surface area contributed by atoms with Crippen LogP contribution >= 0.6 is 12.2 Å². The predicted octanol–water partition coefficient (Wildman–Crippen LogP) is 5.61. The molecule has 244 valence electrons. The lowest BCUT2D eigenvalue weighted by Gasteiger charge is -2.37. The van der Waals surface area contributed by atoms with Crippen LogP contribution in [0.3, 0.4) is 0 Å². The van der Waals surface area contributed by atoms with Gasteiger partial charge in [0.15, 0.2) is 5.41 Å². The van der Waals surface area contributed by atoms with Crippen LogP contribution in [0.4, 0.5) is 0 Å². The van der Waals surface area contributed by atoms with Gasteiger partial charge in [-0.2, -0.15) is 0 Å². The van der Waals surface area contributed by atoms with Crippen LogP contribution in [0.2, 0.25) is 0 Å². The van der Waals surface area contributed by atoms with Crippen molar-refractivity contribution in [1.29, 1.82) is 0 Å². The number of hydrogen-bond donors (Lipinski definition) is 0. The number of benzene rings is 2. The Bertz CT molecular complexity index is 1410. The van der Waals surface area contributed by atoms with Crippen molar-refractivity contribution in [3.63, 3.8) is 0 Å². The van der Waals surface area contributed by atoms with Gasteiger partial charge in [-0.25, -0.2) is 4.98 Å². The minimum absolute atomic E-state index is 0.0442. The molecular weight excluding hydrogens is 608 g/mol. The number of hydrogen-bond acceptors (Lipinski definition) is 10. The highest BCUT2D eigenvalue weighted by Gasteiger charge is 2.59. The molecule has 1 unspecified atom stereocenters. The molecule has 46 heavy (non-hydrogen) atoms. The molecule has 1 saturated carbocycles. The molecule has 0 aliphatic heterocycles. The molecule has 0 bridgehead atoms. The fraction of sp³-hybridized carbons (Fsp3) is 0.429. The second-order valence-corrected chi connectivity index (χ2v) is 11.9. The predicted molar refractivity (Wildman–Crippen MR) is 172 cm³/mol. The minimum Gasteiger partial charge on any atom is -0.469 e. The lowest BCUT2D eigenvalue weighted by Crippen LogP contribution is -2.50. The van der Waals surface area contributed by atoms with E-state index in [9.17, 15) is 19.2 Å². The van der Waals surface area contributed by atoms with Gasteiger partial charge in [0.1, 0.15) is 31.4 Å². The number of imidazole rings is 1. The molecule has 1 aliphatic carbocycles. The summed E-state index contributed by atoms with van der Waals surface area (Å²) in [4.78, 5) is 57.3. The van der Waals surface area contributed by atoms with Crippen molar-refractivity contribution in [1.82, 2.24) is 9.55 Å². The van der Waals surface area contributed by atoms with Gasteiger partial charge >= 0.3 is 17.9 Å². The molecule has 0 saturated heterocycles. The zero-order chi connectivity index (χ0) is 32.9.